The lowest BCUT2D eigenvalue weighted by Gasteiger charge is -2.39. The Morgan fingerprint density at radius 3 is 1.50 bits per heavy atom. The van der Waals surface area contributed by atoms with E-state index in [1.165, 1.54) is 0 Å². The van der Waals surface area contributed by atoms with Crippen LogP contribution in [0.25, 0.3) is 0 Å². The third-order valence-corrected chi connectivity index (χ3v) is 6.05. The quantitative estimate of drug-likeness (QED) is 0.309. The Bertz CT molecular complexity index is 1050. The number of benzene rings is 4. The van der Waals surface area contributed by atoms with E-state index in [4.69, 9.17) is 0 Å². The second kappa shape index (κ2) is 11.4. The van der Waals surface area contributed by atoms with Crippen molar-refractivity contribution in [3.63, 3.8) is 0 Å². The molecule has 0 saturated heterocycles. The molecular formula is C30H30N2O2. The van der Waals surface area contributed by atoms with Gasteiger partial charge in [-0.25, -0.2) is 0 Å². The van der Waals surface area contributed by atoms with E-state index < -0.39 is 11.6 Å². The molecule has 0 radical (unpaired) electrons. The lowest BCUT2D eigenvalue weighted by atomic mass is 9.76. The van der Waals surface area contributed by atoms with Gasteiger partial charge in [0.2, 0.25) is 5.91 Å². The standard InChI is InChI=1S/C30H30N2O2/c33-22-21-28(29(34)31-23-24-13-5-1-6-14-24)32-30(25-15-7-2-8-16-25,26-17-9-3-10-18-26)27-19-11-4-12-20-27/h1-20,28,32-33H,21-23H2,(H,31,34)/t28-/m1/s1. The maximum atomic E-state index is 13.4. The third kappa shape index (κ3) is 5.25. The highest BCUT2D eigenvalue weighted by molar-refractivity contribution is 5.82. The zero-order valence-corrected chi connectivity index (χ0v) is 19.1. The molecule has 0 bridgehead atoms. The molecule has 4 rings (SSSR count). The molecule has 0 fully saturated rings. The van der Waals surface area contributed by atoms with Gasteiger partial charge in [0.05, 0.1) is 11.6 Å². The minimum atomic E-state index is -0.784. The Morgan fingerprint density at radius 2 is 1.09 bits per heavy atom. The van der Waals surface area contributed by atoms with Gasteiger partial charge in [0, 0.05) is 13.2 Å². The summed E-state index contributed by atoms with van der Waals surface area (Å²) < 4.78 is 0. The second-order valence-corrected chi connectivity index (χ2v) is 8.26. The van der Waals surface area contributed by atoms with Crippen LogP contribution in [0.15, 0.2) is 121 Å². The van der Waals surface area contributed by atoms with Gasteiger partial charge in [-0.05, 0) is 28.7 Å². The molecule has 4 heteroatoms. The number of nitrogens with one attached hydrogen (secondary N) is 2. The Hall–Kier alpha value is -3.73. The van der Waals surface area contributed by atoms with Crippen LogP contribution >= 0.6 is 0 Å². The van der Waals surface area contributed by atoms with Gasteiger partial charge in [0.15, 0.2) is 0 Å². The summed E-state index contributed by atoms with van der Waals surface area (Å²) in [5.41, 5.74) is 3.30. The summed E-state index contributed by atoms with van der Waals surface area (Å²) in [4.78, 5) is 13.4. The number of rotatable bonds is 10. The monoisotopic (exact) mass is 450 g/mol. The summed E-state index contributed by atoms with van der Waals surface area (Å²) in [5, 5.41) is 16.6. The van der Waals surface area contributed by atoms with Crippen LogP contribution in [0.1, 0.15) is 28.7 Å². The van der Waals surface area contributed by atoms with Crippen LogP contribution in [0, 0.1) is 0 Å². The van der Waals surface area contributed by atoms with Gasteiger partial charge < -0.3 is 10.4 Å². The molecule has 0 saturated carbocycles. The number of amides is 1. The molecule has 3 N–H and O–H groups in total. The summed E-state index contributed by atoms with van der Waals surface area (Å²) >= 11 is 0. The van der Waals surface area contributed by atoms with E-state index in [0.29, 0.717) is 6.54 Å². The van der Waals surface area contributed by atoms with Crippen molar-refractivity contribution in [3.8, 4) is 0 Å². The van der Waals surface area contributed by atoms with E-state index in [9.17, 15) is 9.90 Å². The van der Waals surface area contributed by atoms with Crippen LogP contribution in [-0.2, 0) is 16.9 Å². The SMILES string of the molecule is O=C(NCc1ccccc1)[C@@H](CCO)NC(c1ccccc1)(c1ccccc1)c1ccccc1. The number of hydrogen-bond acceptors (Lipinski definition) is 3. The maximum absolute atomic E-state index is 13.4. The highest BCUT2D eigenvalue weighted by atomic mass is 16.3. The number of aliphatic hydroxyl groups is 1. The van der Waals surface area contributed by atoms with Crippen molar-refractivity contribution in [3.05, 3.63) is 144 Å². The molecule has 0 heterocycles. The molecule has 34 heavy (non-hydrogen) atoms. The van der Waals surface area contributed by atoms with Crippen LogP contribution in [-0.4, -0.2) is 23.7 Å². The summed E-state index contributed by atoms with van der Waals surface area (Å²) in [5.74, 6) is -0.148. The lowest BCUT2D eigenvalue weighted by Crippen LogP contribution is -2.55. The predicted octanol–water partition coefficient (Wildman–Crippen LogP) is 4.64. The summed E-state index contributed by atoms with van der Waals surface area (Å²) in [7, 11) is 0. The number of carbonyl (C=O) groups excluding carboxylic acids is 1. The minimum Gasteiger partial charge on any atom is -0.396 e. The van der Waals surface area contributed by atoms with Crippen LogP contribution < -0.4 is 10.6 Å². The highest BCUT2D eigenvalue weighted by Crippen LogP contribution is 2.37. The molecule has 4 aromatic rings. The van der Waals surface area contributed by atoms with Gasteiger partial charge in [-0.2, -0.15) is 0 Å². The fourth-order valence-electron chi connectivity index (χ4n) is 4.38. The smallest absolute Gasteiger partial charge is 0.237 e. The van der Waals surface area contributed by atoms with Gasteiger partial charge in [-0.15, -0.1) is 0 Å². The lowest BCUT2D eigenvalue weighted by molar-refractivity contribution is -0.124. The van der Waals surface area contributed by atoms with Gasteiger partial charge in [-0.1, -0.05) is 121 Å². The minimum absolute atomic E-state index is 0.106. The molecule has 0 unspecified atom stereocenters. The van der Waals surface area contributed by atoms with Crippen molar-refractivity contribution in [2.75, 3.05) is 6.61 Å². The second-order valence-electron chi connectivity index (χ2n) is 8.26. The number of aliphatic hydroxyl groups excluding tert-OH is 1. The molecule has 0 aliphatic heterocycles. The van der Waals surface area contributed by atoms with Crippen molar-refractivity contribution < 1.29 is 9.90 Å². The molecule has 172 valence electrons. The number of hydrogen-bond donors (Lipinski definition) is 3. The van der Waals surface area contributed by atoms with Crippen LogP contribution in [0.5, 0.6) is 0 Å². The molecule has 0 spiro atoms. The third-order valence-electron chi connectivity index (χ3n) is 6.05. The Morgan fingerprint density at radius 1 is 0.676 bits per heavy atom. The van der Waals surface area contributed by atoms with Gasteiger partial charge >= 0.3 is 0 Å². The zero-order chi connectivity index (χ0) is 23.6. The summed E-state index contributed by atoms with van der Waals surface area (Å²) in [6.45, 7) is 0.323. The fraction of sp³-hybridized carbons (Fsp3) is 0.167. The first-order valence-electron chi connectivity index (χ1n) is 11.6. The zero-order valence-electron chi connectivity index (χ0n) is 19.1. The number of carbonyl (C=O) groups is 1. The van der Waals surface area contributed by atoms with Gasteiger partial charge in [-0.3, -0.25) is 10.1 Å². The average molecular weight is 451 g/mol. The first kappa shape index (κ1) is 23.4. The normalized spacial score (nSPS) is 12.1. The van der Waals surface area contributed by atoms with Crippen LogP contribution in [0.4, 0.5) is 0 Å². The Kier molecular flexibility index (Phi) is 7.87. The van der Waals surface area contributed by atoms with Crippen molar-refractivity contribution in [1.82, 2.24) is 10.6 Å². The van der Waals surface area contributed by atoms with Crippen molar-refractivity contribution in [2.45, 2.75) is 24.5 Å². The topological polar surface area (TPSA) is 61.4 Å². The summed E-state index contributed by atoms with van der Waals surface area (Å²) in [6, 6.07) is 39.7. The van der Waals surface area contributed by atoms with Crippen molar-refractivity contribution in [1.29, 1.82) is 0 Å². The van der Waals surface area contributed by atoms with Gasteiger partial charge in [0.1, 0.15) is 0 Å². The van der Waals surface area contributed by atoms with E-state index in [2.05, 4.69) is 47.0 Å². The predicted molar refractivity (Wildman–Crippen MR) is 136 cm³/mol. The molecule has 0 aliphatic carbocycles. The van der Waals surface area contributed by atoms with E-state index in [1.54, 1.807) is 0 Å². The molecule has 4 aromatic carbocycles. The Labute approximate surface area is 201 Å². The fourth-order valence-corrected chi connectivity index (χ4v) is 4.38. The maximum Gasteiger partial charge on any atom is 0.237 e. The molecule has 0 aliphatic rings. The molecule has 1 amide bonds. The average Bonchev–Trinajstić information content (AvgIpc) is 2.92. The summed E-state index contributed by atoms with van der Waals surface area (Å²) in [6.07, 6.45) is 0.287. The van der Waals surface area contributed by atoms with Gasteiger partial charge in [0.25, 0.3) is 0 Å². The molecule has 0 aromatic heterocycles. The Balaban J connectivity index is 1.76. The molecule has 1 atom stereocenters. The van der Waals surface area contributed by atoms with Crippen LogP contribution in [0.2, 0.25) is 0 Å². The highest BCUT2D eigenvalue weighted by Gasteiger charge is 2.39. The van der Waals surface area contributed by atoms with E-state index in [-0.39, 0.29) is 18.9 Å². The largest absolute Gasteiger partial charge is 0.396 e. The van der Waals surface area contributed by atoms with Crippen LogP contribution in [0.3, 0.4) is 0 Å². The van der Waals surface area contributed by atoms with Crippen molar-refractivity contribution in [2.24, 2.45) is 0 Å². The first-order valence-corrected chi connectivity index (χ1v) is 11.6. The van der Waals surface area contributed by atoms with E-state index in [0.717, 1.165) is 22.3 Å². The van der Waals surface area contributed by atoms with E-state index in [1.807, 2.05) is 84.9 Å². The van der Waals surface area contributed by atoms with E-state index >= 15 is 0 Å². The van der Waals surface area contributed by atoms with Crippen molar-refractivity contribution >= 4 is 5.91 Å². The molecule has 4 nitrogen and oxygen atoms in total. The first-order chi connectivity index (χ1) is 16.7. The molecular weight excluding hydrogens is 420 g/mol.